The molecule has 0 aromatic heterocycles. The number of nitrogens with one attached hydrogen (secondary N) is 2. The van der Waals surface area contributed by atoms with Crippen molar-refractivity contribution < 1.29 is 13.9 Å². The average molecular weight is 302 g/mol. The molecule has 22 heavy (non-hydrogen) atoms. The molecule has 0 aliphatic rings. The number of para-hydroxylation sites is 1. The molecule has 4 nitrogen and oxygen atoms in total. The van der Waals surface area contributed by atoms with E-state index in [2.05, 4.69) is 10.6 Å². The molecule has 1 amide bonds. The molecular formula is C17H19FN2O2. The van der Waals surface area contributed by atoms with Gasteiger partial charge in [0, 0.05) is 30.8 Å². The number of carbonyl (C=O) groups excluding carboxylic acids is 1. The number of ether oxygens (including phenoxy) is 1. The van der Waals surface area contributed by atoms with Gasteiger partial charge in [0.2, 0.25) is 5.91 Å². The predicted molar refractivity (Wildman–Crippen MR) is 84.3 cm³/mol. The van der Waals surface area contributed by atoms with Crippen molar-refractivity contribution in [2.45, 2.75) is 13.0 Å². The van der Waals surface area contributed by atoms with Gasteiger partial charge in [0.25, 0.3) is 0 Å². The lowest BCUT2D eigenvalue weighted by Gasteiger charge is -2.09. The summed E-state index contributed by atoms with van der Waals surface area (Å²) in [5, 5.41) is 5.92. The monoisotopic (exact) mass is 302 g/mol. The Morgan fingerprint density at radius 3 is 2.59 bits per heavy atom. The highest BCUT2D eigenvalue weighted by Gasteiger charge is 2.04. The third-order valence-corrected chi connectivity index (χ3v) is 3.16. The number of carbonyl (C=O) groups is 1. The van der Waals surface area contributed by atoms with Crippen LogP contribution in [0.5, 0.6) is 5.75 Å². The van der Waals surface area contributed by atoms with Gasteiger partial charge in [-0.25, -0.2) is 4.39 Å². The Kier molecular flexibility index (Phi) is 5.91. The maximum atomic E-state index is 12.8. The first-order chi connectivity index (χ1) is 10.7. The van der Waals surface area contributed by atoms with Crippen LogP contribution in [0.1, 0.15) is 12.0 Å². The van der Waals surface area contributed by atoms with Crippen molar-refractivity contribution in [3.63, 3.8) is 0 Å². The quantitative estimate of drug-likeness (QED) is 0.773. The van der Waals surface area contributed by atoms with E-state index < -0.39 is 0 Å². The van der Waals surface area contributed by atoms with Crippen molar-refractivity contribution in [1.29, 1.82) is 0 Å². The molecule has 0 aliphatic heterocycles. The van der Waals surface area contributed by atoms with E-state index in [-0.39, 0.29) is 11.7 Å². The van der Waals surface area contributed by atoms with Gasteiger partial charge in [0.15, 0.2) is 0 Å². The summed E-state index contributed by atoms with van der Waals surface area (Å²) in [6, 6.07) is 13.4. The first-order valence-electron chi connectivity index (χ1n) is 7.07. The van der Waals surface area contributed by atoms with Gasteiger partial charge >= 0.3 is 0 Å². The molecule has 0 heterocycles. The Labute approximate surface area is 129 Å². The molecule has 0 spiro atoms. The standard InChI is InChI=1S/C17H19FN2O2/c1-22-16-5-3-2-4-13(16)12-19-11-10-17(21)20-15-8-6-14(18)7-9-15/h2-9,19H,10-12H2,1H3,(H,20,21). The van der Waals surface area contributed by atoms with Gasteiger partial charge in [-0.05, 0) is 30.3 Å². The van der Waals surface area contributed by atoms with Gasteiger partial charge in [0.1, 0.15) is 11.6 Å². The lowest BCUT2D eigenvalue weighted by atomic mass is 10.2. The molecule has 0 saturated carbocycles. The zero-order valence-electron chi connectivity index (χ0n) is 12.4. The average Bonchev–Trinajstić information content (AvgIpc) is 2.54. The van der Waals surface area contributed by atoms with Gasteiger partial charge in [-0.2, -0.15) is 0 Å². The van der Waals surface area contributed by atoms with E-state index in [1.165, 1.54) is 24.3 Å². The van der Waals surface area contributed by atoms with Crippen LogP contribution < -0.4 is 15.4 Å². The first kappa shape index (κ1) is 16.0. The number of methoxy groups -OCH3 is 1. The molecular weight excluding hydrogens is 283 g/mol. The van der Waals surface area contributed by atoms with E-state index in [0.29, 0.717) is 25.2 Å². The second-order valence-electron chi connectivity index (χ2n) is 4.79. The number of amides is 1. The Balaban J connectivity index is 1.72. The molecule has 0 atom stereocenters. The van der Waals surface area contributed by atoms with Crippen LogP contribution >= 0.6 is 0 Å². The van der Waals surface area contributed by atoms with Crippen molar-refractivity contribution >= 4 is 11.6 Å². The Morgan fingerprint density at radius 1 is 1.14 bits per heavy atom. The van der Waals surface area contributed by atoms with E-state index >= 15 is 0 Å². The fourth-order valence-corrected chi connectivity index (χ4v) is 2.03. The van der Waals surface area contributed by atoms with Crippen LogP contribution in [0, 0.1) is 5.82 Å². The number of benzene rings is 2. The summed E-state index contributed by atoms with van der Waals surface area (Å²) in [6.07, 6.45) is 0.340. The van der Waals surface area contributed by atoms with Crippen molar-refractivity contribution in [1.82, 2.24) is 5.32 Å². The summed E-state index contributed by atoms with van der Waals surface area (Å²) in [7, 11) is 1.63. The van der Waals surface area contributed by atoms with Crippen molar-refractivity contribution in [3.05, 3.63) is 59.9 Å². The summed E-state index contributed by atoms with van der Waals surface area (Å²) in [5.41, 5.74) is 1.64. The zero-order chi connectivity index (χ0) is 15.8. The number of hydrogen-bond donors (Lipinski definition) is 2. The third kappa shape index (κ3) is 4.86. The van der Waals surface area contributed by atoms with Crippen LogP contribution in [0.3, 0.4) is 0 Å². The number of hydrogen-bond acceptors (Lipinski definition) is 3. The maximum absolute atomic E-state index is 12.8. The summed E-state index contributed by atoms with van der Waals surface area (Å²) in [5.74, 6) is 0.390. The minimum Gasteiger partial charge on any atom is -0.496 e. The molecule has 0 radical (unpaired) electrons. The molecule has 0 aliphatic carbocycles. The van der Waals surface area contributed by atoms with E-state index in [4.69, 9.17) is 4.74 Å². The maximum Gasteiger partial charge on any atom is 0.225 e. The van der Waals surface area contributed by atoms with E-state index in [9.17, 15) is 9.18 Å². The SMILES string of the molecule is COc1ccccc1CNCCC(=O)Nc1ccc(F)cc1. The molecule has 0 unspecified atom stereocenters. The second kappa shape index (κ2) is 8.14. The second-order valence-corrected chi connectivity index (χ2v) is 4.79. The molecule has 0 fully saturated rings. The fourth-order valence-electron chi connectivity index (χ4n) is 2.03. The molecule has 2 aromatic rings. The third-order valence-electron chi connectivity index (χ3n) is 3.16. The summed E-state index contributed by atoms with van der Waals surface area (Å²) in [6.45, 7) is 1.18. The molecule has 2 aromatic carbocycles. The summed E-state index contributed by atoms with van der Waals surface area (Å²) in [4.78, 5) is 11.8. The first-order valence-corrected chi connectivity index (χ1v) is 7.07. The Hall–Kier alpha value is -2.40. The zero-order valence-corrected chi connectivity index (χ0v) is 12.4. The highest BCUT2D eigenvalue weighted by atomic mass is 19.1. The number of rotatable bonds is 7. The Bertz CT molecular complexity index is 614. The van der Waals surface area contributed by atoms with Crippen LogP contribution in [-0.2, 0) is 11.3 Å². The topological polar surface area (TPSA) is 50.4 Å². The highest BCUT2D eigenvalue weighted by Crippen LogP contribution is 2.16. The van der Waals surface area contributed by atoms with Crippen molar-refractivity contribution in [2.24, 2.45) is 0 Å². The van der Waals surface area contributed by atoms with Crippen LogP contribution in [0.4, 0.5) is 10.1 Å². The van der Waals surface area contributed by atoms with Crippen molar-refractivity contribution in [3.8, 4) is 5.75 Å². The number of anilines is 1. The van der Waals surface area contributed by atoms with E-state index in [0.717, 1.165) is 11.3 Å². The van der Waals surface area contributed by atoms with E-state index in [1.807, 2.05) is 24.3 Å². The molecule has 116 valence electrons. The smallest absolute Gasteiger partial charge is 0.225 e. The molecule has 0 bridgehead atoms. The van der Waals surface area contributed by atoms with E-state index in [1.54, 1.807) is 7.11 Å². The molecule has 0 saturated heterocycles. The normalized spacial score (nSPS) is 10.3. The highest BCUT2D eigenvalue weighted by molar-refractivity contribution is 5.90. The van der Waals surface area contributed by atoms with Crippen molar-refractivity contribution in [2.75, 3.05) is 19.0 Å². The van der Waals surface area contributed by atoms with Gasteiger partial charge in [-0.1, -0.05) is 18.2 Å². The van der Waals surface area contributed by atoms with Gasteiger partial charge in [0.05, 0.1) is 7.11 Å². The fraction of sp³-hybridized carbons (Fsp3) is 0.235. The van der Waals surface area contributed by atoms with Crippen LogP contribution in [0.2, 0.25) is 0 Å². The molecule has 5 heteroatoms. The predicted octanol–water partition coefficient (Wildman–Crippen LogP) is 2.95. The van der Waals surface area contributed by atoms with Crippen LogP contribution in [0.25, 0.3) is 0 Å². The van der Waals surface area contributed by atoms with Gasteiger partial charge < -0.3 is 15.4 Å². The van der Waals surface area contributed by atoms with Gasteiger partial charge in [-0.15, -0.1) is 0 Å². The largest absolute Gasteiger partial charge is 0.496 e. The summed E-state index contributed by atoms with van der Waals surface area (Å²) >= 11 is 0. The lowest BCUT2D eigenvalue weighted by Crippen LogP contribution is -2.21. The molecule has 2 rings (SSSR count). The Morgan fingerprint density at radius 2 is 1.86 bits per heavy atom. The van der Waals surface area contributed by atoms with Crippen LogP contribution in [-0.4, -0.2) is 19.6 Å². The minimum atomic E-state index is -0.323. The molecule has 2 N–H and O–H groups in total. The lowest BCUT2D eigenvalue weighted by molar-refractivity contribution is -0.116. The minimum absolute atomic E-state index is 0.112. The van der Waals surface area contributed by atoms with Gasteiger partial charge in [-0.3, -0.25) is 4.79 Å². The summed E-state index contributed by atoms with van der Waals surface area (Å²) < 4.78 is 18.0. The number of halogens is 1. The van der Waals surface area contributed by atoms with Crippen LogP contribution in [0.15, 0.2) is 48.5 Å².